The molecule has 0 fully saturated rings. The molecule has 4 heteroatoms. The summed E-state index contributed by atoms with van der Waals surface area (Å²) in [5.74, 6) is 0.793. The number of hydrogen-bond donors (Lipinski definition) is 2. The minimum Gasteiger partial charge on any atom is -0.494 e. The number of rotatable bonds is 4. The lowest BCUT2D eigenvalue weighted by Crippen LogP contribution is -2.23. The fraction of sp³-hybridized carbons (Fsp3) is 0.455. The molecule has 0 radical (unpaired) electrons. The molecule has 1 rings (SSSR count). The Morgan fingerprint density at radius 3 is 2.67 bits per heavy atom. The van der Waals surface area contributed by atoms with E-state index in [1.807, 2.05) is 31.2 Å². The first-order valence-corrected chi connectivity index (χ1v) is 4.81. The zero-order valence-electron chi connectivity index (χ0n) is 9.01. The van der Waals surface area contributed by atoms with Crippen LogP contribution in [0.1, 0.15) is 25.5 Å². The molecule has 15 heavy (non-hydrogen) atoms. The molecule has 0 spiro atoms. The molecule has 0 saturated heterocycles. The smallest absolute Gasteiger partial charge is 0.119 e. The van der Waals surface area contributed by atoms with Crippen LogP contribution in [0.25, 0.3) is 0 Å². The van der Waals surface area contributed by atoms with E-state index in [1.54, 1.807) is 6.92 Å². The minimum atomic E-state index is -0.549. The van der Waals surface area contributed by atoms with Gasteiger partial charge in [0.2, 0.25) is 0 Å². The molecule has 0 heterocycles. The summed E-state index contributed by atoms with van der Waals surface area (Å²) in [6.45, 7) is 4.24. The lowest BCUT2D eigenvalue weighted by Gasteiger charge is -2.15. The van der Waals surface area contributed by atoms with Gasteiger partial charge in [-0.25, -0.2) is 0 Å². The second kappa shape index (κ2) is 6.67. The van der Waals surface area contributed by atoms with E-state index in [0.717, 1.165) is 11.3 Å². The quantitative estimate of drug-likeness (QED) is 0.832. The van der Waals surface area contributed by atoms with Gasteiger partial charge in [-0.3, -0.25) is 0 Å². The Labute approximate surface area is 96.7 Å². The lowest BCUT2D eigenvalue weighted by atomic mass is 10.0. The highest BCUT2D eigenvalue weighted by Crippen LogP contribution is 2.19. The molecule has 0 amide bonds. The summed E-state index contributed by atoms with van der Waals surface area (Å²) >= 11 is 0. The van der Waals surface area contributed by atoms with Crippen molar-refractivity contribution in [3.63, 3.8) is 0 Å². The number of nitrogens with two attached hydrogens (primary N) is 1. The highest BCUT2D eigenvalue weighted by atomic mass is 35.5. The average Bonchev–Trinajstić information content (AvgIpc) is 2.17. The predicted molar refractivity (Wildman–Crippen MR) is 63.5 cm³/mol. The van der Waals surface area contributed by atoms with Crippen LogP contribution in [-0.2, 0) is 0 Å². The van der Waals surface area contributed by atoms with Gasteiger partial charge in [-0.05, 0) is 31.5 Å². The number of aliphatic hydroxyl groups excluding tert-OH is 1. The summed E-state index contributed by atoms with van der Waals surface area (Å²) in [5, 5.41) is 9.33. The summed E-state index contributed by atoms with van der Waals surface area (Å²) in [7, 11) is 0. The zero-order valence-corrected chi connectivity index (χ0v) is 9.83. The van der Waals surface area contributed by atoms with Crippen molar-refractivity contribution in [2.24, 2.45) is 5.73 Å². The van der Waals surface area contributed by atoms with Crippen LogP contribution < -0.4 is 10.5 Å². The number of benzene rings is 1. The normalized spacial score (nSPS) is 13.9. The Hall–Kier alpha value is -0.770. The molecule has 0 saturated carbocycles. The molecule has 0 unspecified atom stereocenters. The Morgan fingerprint density at radius 1 is 1.47 bits per heavy atom. The van der Waals surface area contributed by atoms with E-state index in [4.69, 9.17) is 10.5 Å². The molecule has 0 aliphatic rings. The third-order valence-electron chi connectivity index (χ3n) is 2.07. The van der Waals surface area contributed by atoms with E-state index in [9.17, 15) is 5.11 Å². The topological polar surface area (TPSA) is 55.5 Å². The monoisotopic (exact) mass is 231 g/mol. The van der Waals surface area contributed by atoms with Crippen molar-refractivity contribution in [2.75, 3.05) is 6.61 Å². The molecule has 0 bridgehead atoms. The van der Waals surface area contributed by atoms with Crippen LogP contribution in [0.15, 0.2) is 24.3 Å². The number of hydrogen-bond acceptors (Lipinski definition) is 3. The van der Waals surface area contributed by atoms with Crippen molar-refractivity contribution in [1.29, 1.82) is 0 Å². The van der Waals surface area contributed by atoms with E-state index in [1.165, 1.54) is 0 Å². The molecule has 2 atom stereocenters. The van der Waals surface area contributed by atoms with Gasteiger partial charge in [-0.2, -0.15) is 0 Å². The van der Waals surface area contributed by atoms with Crippen LogP contribution in [0.5, 0.6) is 5.75 Å². The van der Waals surface area contributed by atoms with E-state index >= 15 is 0 Å². The van der Waals surface area contributed by atoms with E-state index in [0.29, 0.717) is 6.61 Å². The van der Waals surface area contributed by atoms with Gasteiger partial charge in [0.25, 0.3) is 0 Å². The molecule has 0 aliphatic carbocycles. The van der Waals surface area contributed by atoms with E-state index in [-0.39, 0.29) is 18.4 Å². The van der Waals surface area contributed by atoms with E-state index < -0.39 is 6.10 Å². The first kappa shape index (κ1) is 14.2. The first-order chi connectivity index (χ1) is 6.65. The molecular formula is C11H18ClNO2. The van der Waals surface area contributed by atoms with Gasteiger partial charge in [-0.15, -0.1) is 12.4 Å². The van der Waals surface area contributed by atoms with Crippen molar-refractivity contribution >= 4 is 12.4 Å². The first-order valence-electron chi connectivity index (χ1n) is 4.81. The Balaban J connectivity index is 0.00000196. The van der Waals surface area contributed by atoms with Gasteiger partial charge in [0, 0.05) is 0 Å². The second-order valence-corrected chi connectivity index (χ2v) is 3.27. The van der Waals surface area contributed by atoms with Crippen molar-refractivity contribution in [3.8, 4) is 5.75 Å². The maximum atomic E-state index is 9.33. The lowest BCUT2D eigenvalue weighted by molar-refractivity contribution is 0.164. The molecule has 1 aromatic rings. The third-order valence-corrected chi connectivity index (χ3v) is 2.07. The largest absolute Gasteiger partial charge is 0.494 e. The third kappa shape index (κ3) is 4.08. The second-order valence-electron chi connectivity index (χ2n) is 3.27. The van der Waals surface area contributed by atoms with Gasteiger partial charge in [0.05, 0.1) is 18.8 Å². The van der Waals surface area contributed by atoms with Crippen molar-refractivity contribution in [2.45, 2.75) is 26.0 Å². The highest BCUT2D eigenvalue weighted by molar-refractivity contribution is 5.85. The maximum absolute atomic E-state index is 9.33. The molecule has 0 aliphatic heterocycles. The SMILES string of the molecule is CCOc1cccc([C@H](N)[C@H](C)O)c1.Cl. The molecule has 0 aromatic heterocycles. The molecule has 3 nitrogen and oxygen atoms in total. The Bertz CT molecular complexity index is 292. The van der Waals surface area contributed by atoms with Crippen molar-refractivity contribution < 1.29 is 9.84 Å². The van der Waals surface area contributed by atoms with Crippen LogP contribution in [0.4, 0.5) is 0 Å². The van der Waals surface area contributed by atoms with Crippen LogP contribution in [0, 0.1) is 0 Å². The van der Waals surface area contributed by atoms with Crippen LogP contribution in [-0.4, -0.2) is 17.8 Å². The minimum absolute atomic E-state index is 0. The molecule has 3 N–H and O–H groups in total. The van der Waals surface area contributed by atoms with Gasteiger partial charge in [-0.1, -0.05) is 12.1 Å². The summed E-state index contributed by atoms with van der Waals surface area (Å²) in [4.78, 5) is 0. The fourth-order valence-corrected chi connectivity index (χ4v) is 1.26. The summed E-state index contributed by atoms with van der Waals surface area (Å²) in [6, 6.07) is 7.15. The Kier molecular flexibility index (Phi) is 6.32. The van der Waals surface area contributed by atoms with Crippen LogP contribution >= 0.6 is 12.4 Å². The summed E-state index contributed by atoms with van der Waals surface area (Å²) in [6.07, 6.45) is -0.549. The van der Waals surface area contributed by atoms with Crippen molar-refractivity contribution in [3.05, 3.63) is 29.8 Å². The van der Waals surface area contributed by atoms with Gasteiger partial charge >= 0.3 is 0 Å². The van der Waals surface area contributed by atoms with Crippen LogP contribution in [0.3, 0.4) is 0 Å². The number of ether oxygens (including phenoxy) is 1. The van der Waals surface area contributed by atoms with Gasteiger partial charge in [0.1, 0.15) is 5.75 Å². The molecular weight excluding hydrogens is 214 g/mol. The zero-order chi connectivity index (χ0) is 10.6. The number of aliphatic hydroxyl groups is 1. The predicted octanol–water partition coefficient (Wildman–Crippen LogP) is 1.89. The number of halogens is 1. The van der Waals surface area contributed by atoms with Gasteiger partial charge in [0.15, 0.2) is 0 Å². The summed E-state index contributed by atoms with van der Waals surface area (Å²) < 4.78 is 5.34. The van der Waals surface area contributed by atoms with E-state index in [2.05, 4.69) is 0 Å². The highest BCUT2D eigenvalue weighted by Gasteiger charge is 2.11. The average molecular weight is 232 g/mol. The standard InChI is InChI=1S/C11H17NO2.ClH/c1-3-14-10-6-4-5-9(7-10)11(12)8(2)13;/h4-8,11,13H,3,12H2,1-2H3;1H/t8-,11+;/m0./s1. The molecule has 86 valence electrons. The summed E-state index contributed by atoms with van der Waals surface area (Å²) in [5.41, 5.74) is 6.69. The Morgan fingerprint density at radius 2 is 2.13 bits per heavy atom. The van der Waals surface area contributed by atoms with Crippen molar-refractivity contribution in [1.82, 2.24) is 0 Å². The molecule has 1 aromatic carbocycles. The fourth-order valence-electron chi connectivity index (χ4n) is 1.26. The van der Waals surface area contributed by atoms with Gasteiger partial charge < -0.3 is 15.6 Å². The maximum Gasteiger partial charge on any atom is 0.119 e. The van der Waals surface area contributed by atoms with Crippen LogP contribution in [0.2, 0.25) is 0 Å².